The first-order chi connectivity index (χ1) is 9.06. The van der Waals surface area contributed by atoms with E-state index in [0.29, 0.717) is 23.9 Å². The predicted octanol–water partition coefficient (Wildman–Crippen LogP) is 2.35. The minimum atomic E-state index is -0.0399. The number of hydrogen-bond donors (Lipinski definition) is 0. The number of ether oxygens (including phenoxy) is 2. The number of rotatable bonds is 3. The van der Waals surface area contributed by atoms with Gasteiger partial charge in [-0.25, -0.2) is 0 Å². The summed E-state index contributed by atoms with van der Waals surface area (Å²) >= 11 is 5.97. The Labute approximate surface area is 118 Å². The highest BCUT2D eigenvalue weighted by atomic mass is 35.5. The topological polar surface area (TPSA) is 38.8 Å². The number of carbonyl (C=O) groups is 1. The third kappa shape index (κ3) is 3.85. The van der Waals surface area contributed by atoms with Gasteiger partial charge in [0.25, 0.3) is 5.91 Å². The highest BCUT2D eigenvalue weighted by Crippen LogP contribution is 2.23. The molecule has 1 aromatic carbocycles. The van der Waals surface area contributed by atoms with Crippen molar-refractivity contribution in [2.75, 3.05) is 19.7 Å². The fourth-order valence-corrected chi connectivity index (χ4v) is 2.36. The summed E-state index contributed by atoms with van der Waals surface area (Å²) in [5.74, 6) is 0.494. The molecule has 0 aromatic heterocycles. The fourth-order valence-electron chi connectivity index (χ4n) is 2.17. The molecule has 0 saturated carbocycles. The molecule has 1 amide bonds. The molecule has 0 N–H and O–H groups in total. The molecule has 1 aliphatic rings. The average molecular weight is 284 g/mol. The average Bonchev–Trinajstić information content (AvgIpc) is 2.36. The largest absolute Gasteiger partial charge is 0.482 e. The lowest BCUT2D eigenvalue weighted by molar-refractivity contribution is -0.145. The number of amides is 1. The van der Waals surface area contributed by atoms with E-state index >= 15 is 0 Å². The van der Waals surface area contributed by atoms with Crippen LogP contribution in [0.25, 0.3) is 0 Å². The lowest BCUT2D eigenvalue weighted by atomic mass is 10.2. The van der Waals surface area contributed by atoms with Gasteiger partial charge in [-0.15, -0.1) is 0 Å². The zero-order chi connectivity index (χ0) is 13.8. The number of hydrogen-bond acceptors (Lipinski definition) is 3. The Balaban J connectivity index is 1.89. The van der Waals surface area contributed by atoms with Crippen LogP contribution in [-0.4, -0.2) is 42.7 Å². The molecule has 19 heavy (non-hydrogen) atoms. The molecule has 0 aliphatic carbocycles. The fraction of sp³-hybridized carbons (Fsp3) is 0.500. The molecule has 1 fully saturated rings. The van der Waals surface area contributed by atoms with Crippen LogP contribution in [0.1, 0.15) is 13.8 Å². The molecule has 1 aliphatic heterocycles. The van der Waals surface area contributed by atoms with E-state index in [-0.39, 0.29) is 24.7 Å². The number of nitrogens with zero attached hydrogens (tertiary/aromatic N) is 1. The van der Waals surface area contributed by atoms with Crippen molar-refractivity contribution < 1.29 is 14.3 Å². The van der Waals surface area contributed by atoms with E-state index in [1.54, 1.807) is 17.0 Å². The smallest absolute Gasteiger partial charge is 0.260 e. The van der Waals surface area contributed by atoms with E-state index in [0.717, 1.165) is 0 Å². The maximum atomic E-state index is 12.1. The number of carbonyl (C=O) groups excluding carboxylic acids is 1. The second-order valence-corrected chi connectivity index (χ2v) is 5.18. The Morgan fingerprint density at radius 2 is 2.00 bits per heavy atom. The summed E-state index contributed by atoms with van der Waals surface area (Å²) in [6.07, 6.45) is 0.126. The van der Waals surface area contributed by atoms with Gasteiger partial charge in [-0.1, -0.05) is 23.7 Å². The zero-order valence-corrected chi connectivity index (χ0v) is 11.9. The molecular weight excluding hydrogens is 266 g/mol. The summed E-state index contributed by atoms with van der Waals surface area (Å²) in [5, 5.41) is 0.513. The first-order valence-corrected chi connectivity index (χ1v) is 6.74. The van der Waals surface area contributed by atoms with Crippen LogP contribution in [0.15, 0.2) is 24.3 Å². The van der Waals surface area contributed by atoms with Gasteiger partial charge in [-0.3, -0.25) is 4.79 Å². The summed E-state index contributed by atoms with van der Waals surface area (Å²) in [6, 6.07) is 7.13. The highest BCUT2D eigenvalue weighted by Gasteiger charge is 2.26. The summed E-state index contributed by atoms with van der Waals surface area (Å²) in [7, 11) is 0. The quantitative estimate of drug-likeness (QED) is 0.855. The van der Waals surface area contributed by atoms with Crippen LogP contribution >= 0.6 is 11.6 Å². The lowest BCUT2D eigenvalue weighted by Gasteiger charge is -2.35. The normalized spacial score (nSPS) is 23.2. The molecular formula is C14H18ClNO3. The first kappa shape index (κ1) is 14.2. The van der Waals surface area contributed by atoms with Gasteiger partial charge in [0.05, 0.1) is 17.2 Å². The van der Waals surface area contributed by atoms with Crippen LogP contribution in [0, 0.1) is 0 Å². The minimum Gasteiger partial charge on any atom is -0.482 e. The van der Waals surface area contributed by atoms with Crippen LogP contribution in [0.4, 0.5) is 0 Å². The van der Waals surface area contributed by atoms with Gasteiger partial charge in [0.15, 0.2) is 6.61 Å². The zero-order valence-electron chi connectivity index (χ0n) is 11.1. The van der Waals surface area contributed by atoms with Crippen LogP contribution < -0.4 is 4.74 Å². The highest BCUT2D eigenvalue weighted by molar-refractivity contribution is 6.32. The van der Waals surface area contributed by atoms with Gasteiger partial charge in [0.2, 0.25) is 0 Å². The second-order valence-electron chi connectivity index (χ2n) is 4.78. The summed E-state index contributed by atoms with van der Waals surface area (Å²) in [6.45, 7) is 5.14. The summed E-state index contributed by atoms with van der Waals surface area (Å²) in [4.78, 5) is 13.8. The second kappa shape index (κ2) is 6.26. The van der Waals surface area contributed by atoms with Crippen molar-refractivity contribution in [3.05, 3.63) is 29.3 Å². The molecule has 0 radical (unpaired) electrons. The van der Waals surface area contributed by atoms with Gasteiger partial charge < -0.3 is 14.4 Å². The first-order valence-electron chi connectivity index (χ1n) is 6.37. The molecule has 2 unspecified atom stereocenters. The van der Waals surface area contributed by atoms with Crippen molar-refractivity contribution in [3.63, 3.8) is 0 Å². The minimum absolute atomic E-state index is 0.00315. The molecule has 5 heteroatoms. The van der Waals surface area contributed by atoms with Crippen molar-refractivity contribution >= 4 is 17.5 Å². The Hall–Kier alpha value is -1.26. The van der Waals surface area contributed by atoms with E-state index in [9.17, 15) is 4.79 Å². The SMILES string of the molecule is CC1CN(C(=O)COc2ccccc2Cl)CC(C)O1. The third-order valence-corrected chi connectivity index (χ3v) is 3.27. The van der Waals surface area contributed by atoms with Gasteiger partial charge in [0, 0.05) is 13.1 Å². The molecule has 1 heterocycles. The number of halogens is 1. The molecule has 2 atom stereocenters. The summed E-state index contributed by atoms with van der Waals surface area (Å²) < 4.78 is 11.1. The number of morpholine rings is 1. The maximum Gasteiger partial charge on any atom is 0.260 e. The van der Waals surface area contributed by atoms with Crippen molar-refractivity contribution in [1.82, 2.24) is 4.90 Å². The Morgan fingerprint density at radius 1 is 1.37 bits per heavy atom. The van der Waals surface area contributed by atoms with Crippen LogP contribution in [0.5, 0.6) is 5.75 Å². The standard InChI is InChI=1S/C14H18ClNO3/c1-10-7-16(8-11(2)19-10)14(17)9-18-13-6-4-3-5-12(13)15/h3-6,10-11H,7-9H2,1-2H3. The number of para-hydroxylation sites is 1. The molecule has 104 valence electrons. The van der Waals surface area contributed by atoms with Gasteiger partial charge in [0.1, 0.15) is 5.75 Å². The molecule has 1 aromatic rings. The van der Waals surface area contributed by atoms with Crippen LogP contribution in [0.2, 0.25) is 5.02 Å². The molecule has 0 bridgehead atoms. The Bertz CT molecular complexity index is 442. The van der Waals surface area contributed by atoms with E-state index in [1.165, 1.54) is 0 Å². The van der Waals surface area contributed by atoms with Gasteiger partial charge >= 0.3 is 0 Å². The van der Waals surface area contributed by atoms with E-state index in [1.807, 2.05) is 26.0 Å². The van der Waals surface area contributed by atoms with Gasteiger partial charge in [-0.05, 0) is 26.0 Å². The van der Waals surface area contributed by atoms with Crippen LogP contribution in [-0.2, 0) is 9.53 Å². The van der Waals surface area contributed by atoms with Crippen molar-refractivity contribution in [2.24, 2.45) is 0 Å². The summed E-state index contributed by atoms with van der Waals surface area (Å²) in [5.41, 5.74) is 0. The van der Waals surface area contributed by atoms with Crippen molar-refractivity contribution in [1.29, 1.82) is 0 Å². The maximum absolute atomic E-state index is 12.1. The number of benzene rings is 1. The van der Waals surface area contributed by atoms with Crippen molar-refractivity contribution in [2.45, 2.75) is 26.1 Å². The Kier molecular flexibility index (Phi) is 4.66. The lowest BCUT2D eigenvalue weighted by Crippen LogP contribution is -2.49. The monoisotopic (exact) mass is 283 g/mol. The molecule has 2 rings (SSSR count). The van der Waals surface area contributed by atoms with Crippen LogP contribution in [0.3, 0.4) is 0 Å². The third-order valence-electron chi connectivity index (χ3n) is 2.96. The van der Waals surface area contributed by atoms with E-state index < -0.39 is 0 Å². The van der Waals surface area contributed by atoms with E-state index in [4.69, 9.17) is 21.1 Å². The molecule has 4 nitrogen and oxygen atoms in total. The molecule has 0 spiro atoms. The van der Waals surface area contributed by atoms with E-state index in [2.05, 4.69) is 0 Å². The molecule has 1 saturated heterocycles. The Morgan fingerprint density at radius 3 is 2.63 bits per heavy atom. The van der Waals surface area contributed by atoms with Gasteiger partial charge in [-0.2, -0.15) is 0 Å². The van der Waals surface area contributed by atoms with Crippen molar-refractivity contribution in [3.8, 4) is 5.75 Å². The predicted molar refractivity (Wildman–Crippen MR) is 73.5 cm³/mol.